The van der Waals surface area contributed by atoms with Crippen molar-refractivity contribution in [3.05, 3.63) is 24.1 Å². The first-order valence-corrected chi connectivity index (χ1v) is 6.94. The van der Waals surface area contributed by atoms with Crippen LogP contribution in [0.25, 0.3) is 0 Å². The molecule has 1 aromatic heterocycles. The molecule has 0 bridgehead atoms. The molecule has 1 saturated heterocycles. The molecule has 1 fully saturated rings. The molecule has 0 saturated carbocycles. The predicted octanol–water partition coefficient (Wildman–Crippen LogP) is 3.11. The molecule has 1 unspecified atom stereocenters. The Hall–Kier alpha value is -1.16. The number of nitrogens with zero attached hydrogens (tertiary/aromatic N) is 2. The zero-order valence-corrected chi connectivity index (χ0v) is 12.0. The monoisotopic (exact) mass is 266 g/mol. The van der Waals surface area contributed by atoms with Crippen LogP contribution in [0.4, 0.5) is 4.39 Å². The molecule has 1 atom stereocenters. The van der Waals surface area contributed by atoms with Crippen molar-refractivity contribution in [2.24, 2.45) is 5.41 Å². The summed E-state index contributed by atoms with van der Waals surface area (Å²) in [6, 6.07) is 4.67. The Bertz CT molecular complexity index is 417. The molecule has 0 spiro atoms. The number of halogens is 1. The lowest BCUT2D eigenvalue weighted by atomic mass is 9.92. The van der Waals surface area contributed by atoms with Crippen molar-refractivity contribution in [3.63, 3.8) is 0 Å². The van der Waals surface area contributed by atoms with Gasteiger partial charge in [0.15, 0.2) is 0 Å². The van der Waals surface area contributed by atoms with Gasteiger partial charge in [-0.25, -0.2) is 0 Å². The summed E-state index contributed by atoms with van der Waals surface area (Å²) in [6.07, 6.45) is 2.30. The normalized spacial score (nSPS) is 20.7. The maximum Gasteiger partial charge on any atom is 0.216 e. The number of hydrogen-bond donors (Lipinski definition) is 0. The molecular weight excluding hydrogens is 243 g/mol. The summed E-state index contributed by atoms with van der Waals surface area (Å²) in [5.74, 6) is -0.0947. The Morgan fingerprint density at radius 1 is 1.42 bits per heavy atom. The van der Waals surface area contributed by atoms with Crippen LogP contribution in [0.5, 0.6) is 5.88 Å². The predicted molar refractivity (Wildman–Crippen MR) is 73.7 cm³/mol. The highest BCUT2D eigenvalue weighted by molar-refractivity contribution is 5.11. The van der Waals surface area contributed by atoms with Crippen LogP contribution in [-0.4, -0.2) is 35.6 Å². The second-order valence-corrected chi connectivity index (χ2v) is 6.44. The van der Waals surface area contributed by atoms with Crippen LogP contribution in [0.15, 0.2) is 18.2 Å². The van der Waals surface area contributed by atoms with E-state index in [0.29, 0.717) is 11.3 Å². The van der Waals surface area contributed by atoms with Gasteiger partial charge in [0.25, 0.3) is 0 Å². The number of pyridine rings is 1. The summed E-state index contributed by atoms with van der Waals surface area (Å²) >= 11 is 0. The summed E-state index contributed by atoms with van der Waals surface area (Å²) < 4.78 is 18.7. The molecule has 1 aliphatic heterocycles. The van der Waals surface area contributed by atoms with Gasteiger partial charge in [-0.1, -0.05) is 26.8 Å². The van der Waals surface area contributed by atoms with E-state index >= 15 is 0 Å². The third kappa shape index (κ3) is 4.78. The average Bonchev–Trinajstić information content (AvgIpc) is 2.73. The molecule has 3 nitrogen and oxygen atoms in total. The fourth-order valence-corrected chi connectivity index (χ4v) is 2.22. The highest BCUT2D eigenvalue weighted by atomic mass is 19.1. The lowest BCUT2D eigenvalue weighted by molar-refractivity contribution is 0.184. The molecule has 0 aromatic carbocycles. The number of rotatable bonds is 4. The number of ether oxygens (including phenoxy) is 1. The lowest BCUT2D eigenvalue weighted by Gasteiger charge is -2.23. The Morgan fingerprint density at radius 2 is 2.21 bits per heavy atom. The summed E-state index contributed by atoms with van der Waals surface area (Å²) in [7, 11) is 0. The number of hydrogen-bond acceptors (Lipinski definition) is 3. The van der Waals surface area contributed by atoms with Crippen molar-refractivity contribution in [3.8, 4) is 5.88 Å². The molecule has 106 valence electrons. The van der Waals surface area contributed by atoms with Crippen LogP contribution in [0, 0.1) is 11.4 Å². The third-order valence-electron chi connectivity index (χ3n) is 3.38. The topological polar surface area (TPSA) is 25.4 Å². The van der Waals surface area contributed by atoms with Gasteiger partial charge in [-0.05, 0) is 30.9 Å². The van der Waals surface area contributed by atoms with Crippen LogP contribution >= 0.6 is 0 Å². The Labute approximate surface area is 114 Å². The largest absolute Gasteiger partial charge is 0.473 e. The Kier molecular flexibility index (Phi) is 4.40. The van der Waals surface area contributed by atoms with Gasteiger partial charge in [0.05, 0.1) is 0 Å². The van der Waals surface area contributed by atoms with Gasteiger partial charge >= 0.3 is 0 Å². The Balaban J connectivity index is 1.79. The maximum atomic E-state index is 13.0. The number of likely N-dealkylation sites (tertiary alicyclic amines) is 1. The van der Waals surface area contributed by atoms with E-state index < -0.39 is 5.95 Å². The molecule has 0 radical (unpaired) electrons. The van der Waals surface area contributed by atoms with E-state index in [2.05, 4.69) is 30.7 Å². The van der Waals surface area contributed by atoms with Crippen molar-refractivity contribution >= 4 is 0 Å². The summed E-state index contributed by atoms with van der Waals surface area (Å²) in [5.41, 5.74) is 0.364. The van der Waals surface area contributed by atoms with Gasteiger partial charge in [0.1, 0.15) is 6.10 Å². The molecule has 2 heterocycles. The van der Waals surface area contributed by atoms with Crippen molar-refractivity contribution in [2.75, 3.05) is 19.6 Å². The van der Waals surface area contributed by atoms with Crippen LogP contribution in [0.1, 0.15) is 33.6 Å². The van der Waals surface area contributed by atoms with Crippen molar-refractivity contribution in [1.82, 2.24) is 9.88 Å². The first kappa shape index (κ1) is 14.3. The van der Waals surface area contributed by atoms with Gasteiger partial charge in [-0.3, -0.25) is 4.90 Å². The van der Waals surface area contributed by atoms with Crippen LogP contribution < -0.4 is 4.74 Å². The molecule has 1 aliphatic rings. The van der Waals surface area contributed by atoms with E-state index in [-0.39, 0.29) is 6.10 Å². The van der Waals surface area contributed by atoms with Gasteiger partial charge in [0, 0.05) is 19.2 Å². The van der Waals surface area contributed by atoms with Gasteiger partial charge in [0.2, 0.25) is 11.8 Å². The van der Waals surface area contributed by atoms with E-state index in [4.69, 9.17) is 4.74 Å². The first-order valence-electron chi connectivity index (χ1n) is 6.94. The zero-order valence-electron chi connectivity index (χ0n) is 12.0. The van der Waals surface area contributed by atoms with Crippen molar-refractivity contribution in [1.29, 1.82) is 0 Å². The second-order valence-electron chi connectivity index (χ2n) is 6.44. The summed E-state index contributed by atoms with van der Waals surface area (Å²) in [6.45, 7) is 9.83. The minimum Gasteiger partial charge on any atom is -0.473 e. The van der Waals surface area contributed by atoms with E-state index in [9.17, 15) is 4.39 Å². The molecule has 4 heteroatoms. The molecule has 1 aromatic rings. The summed E-state index contributed by atoms with van der Waals surface area (Å²) in [5, 5.41) is 0. The highest BCUT2D eigenvalue weighted by Gasteiger charge is 2.25. The van der Waals surface area contributed by atoms with Gasteiger partial charge < -0.3 is 4.74 Å². The summed E-state index contributed by atoms with van der Waals surface area (Å²) in [4.78, 5) is 6.15. The van der Waals surface area contributed by atoms with Crippen LogP contribution in [-0.2, 0) is 0 Å². The lowest BCUT2D eigenvalue weighted by Crippen LogP contribution is -2.28. The molecule has 0 N–H and O–H groups in total. The van der Waals surface area contributed by atoms with Gasteiger partial charge in [-0.15, -0.1) is 0 Å². The standard InChI is InChI=1S/C15H23FN2O/c1-15(2,3)8-10-18-9-7-12(11-18)19-14-6-4-5-13(16)17-14/h4-6,12H,7-11H2,1-3H3. The van der Waals surface area contributed by atoms with Crippen LogP contribution in [0.3, 0.4) is 0 Å². The van der Waals surface area contributed by atoms with E-state index in [0.717, 1.165) is 26.1 Å². The fraction of sp³-hybridized carbons (Fsp3) is 0.667. The zero-order chi connectivity index (χ0) is 13.9. The molecule has 19 heavy (non-hydrogen) atoms. The molecule has 0 aliphatic carbocycles. The SMILES string of the molecule is CC(C)(C)CCN1CCC(Oc2cccc(F)n2)C1. The molecular formula is C15H23FN2O. The Morgan fingerprint density at radius 3 is 2.89 bits per heavy atom. The molecule has 0 amide bonds. The quantitative estimate of drug-likeness (QED) is 0.783. The second kappa shape index (κ2) is 5.87. The third-order valence-corrected chi connectivity index (χ3v) is 3.38. The smallest absolute Gasteiger partial charge is 0.216 e. The van der Waals surface area contributed by atoms with E-state index in [1.165, 1.54) is 12.5 Å². The minimum atomic E-state index is -0.486. The number of aromatic nitrogens is 1. The minimum absolute atomic E-state index is 0.134. The van der Waals surface area contributed by atoms with Crippen molar-refractivity contribution < 1.29 is 9.13 Å². The van der Waals surface area contributed by atoms with Crippen LogP contribution in [0.2, 0.25) is 0 Å². The van der Waals surface area contributed by atoms with Crippen molar-refractivity contribution in [2.45, 2.75) is 39.7 Å². The molecule has 2 rings (SSSR count). The van der Waals surface area contributed by atoms with E-state index in [1.807, 2.05) is 0 Å². The first-order chi connectivity index (χ1) is 8.92. The van der Waals surface area contributed by atoms with E-state index in [1.54, 1.807) is 12.1 Å². The van der Waals surface area contributed by atoms with Gasteiger partial charge in [-0.2, -0.15) is 9.37 Å². The highest BCUT2D eigenvalue weighted by Crippen LogP contribution is 2.22. The average molecular weight is 266 g/mol. The maximum absolute atomic E-state index is 13.0. The fourth-order valence-electron chi connectivity index (χ4n) is 2.22.